The molecule has 0 saturated heterocycles. The molecule has 0 saturated carbocycles. The second-order valence-electron chi connectivity index (χ2n) is 1.93. The molecule has 0 aromatic heterocycles. The van der Waals surface area contributed by atoms with Gasteiger partial charge in [0, 0.05) is 12.6 Å². The number of hydrogen-bond acceptors (Lipinski definition) is 3. The van der Waals surface area contributed by atoms with Crippen molar-refractivity contribution >= 4 is 22.0 Å². The topological polar surface area (TPSA) is 63.6 Å². The lowest BCUT2D eigenvalue weighted by Gasteiger charge is -1.83. The molecule has 0 aliphatic rings. The third kappa shape index (κ3) is 7.29. The summed E-state index contributed by atoms with van der Waals surface area (Å²) in [7, 11) is -3.30. The van der Waals surface area contributed by atoms with E-state index in [1.165, 1.54) is 6.92 Å². The predicted molar refractivity (Wildman–Crippen MR) is 38.6 cm³/mol. The van der Waals surface area contributed by atoms with Crippen molar-refractivity contribution in [3.8, 4) is 0 Å². The molecule has 0 aliphatic heterocycles. The minimum Gasteiger partial charge on any atom is -0.300 e. The summed E-state index contributed by atoms with van der Waals surface area (Å²) in [5.41, 5.74) is 0. The standard InChI is InChI=1S/C5H9NO3S/c1-5(7)3-4-6-10(2,8)9/h4H,3H2,1-2H3/b6-4-. The molecule has 0 amide bonds. The first-order chi connectivity index (χ1) is 4.42. The molecule has 5 heteroatoms. The molecule has 0 heterocycles. The lowest BCUT2D eigenvalue weighted by atomic mass is 10.3. The smallest absolute Gasteiger partial charge is 0.249 e. The number of sulfonamides is 1. The molecule has 0 aromatic rings. The number of Topliss-reactive ketones (excluding diaryl/α,β-unsaturated/α-hetero) is 1. The Morgan fingerprint density at radius 2 is 2.10 bits per heavy atom. The van der Waals surface area contributed by atoms with Crippen LogP contribution in [0.2, 0.25) is 0 Å². The Morgan fingerprint density at radius 3 is 2.40 bits per heavy atom. The molecule has 0 radical (unpaired) electrons. The monoisotopic (exact) mass is 163 g/mol. The number of carbonyl (C=O) groups is 1. The van der Waals surface area contributed by atoms with E-state index in [1.54, 1.807) is 0 Å². The van der Waals surface area contributed by atoms with Crippen molar-refractivity contribution < 1.29 is 13.2 Å². The van der Waals surface area contributed by atoms with Gasteiger partial charge >= 0.3 is 0 Å². The van der Waals surface area contributed by atoms with E-state index < -0.39 is 10.0 Å². The van der Waals surface area contributed by atoms with Gasteiger partial charge in [0.05, 0.1) is 6.26 Å². The van der Waals surface area contributed by atoms with Crippen LogP contribution in [0.15, 0.2) is 4.40 Å². The molecule has 0 N–H and O–H groups in total. The van der Waals surface area contributed by atoms with E-state index in [2.05, 4.69) is 4.40 Å². The average molecular weight is 163 g/mol. The van der Waals surface area contributed by atoms with Gasteiger partial charge in [-0.15, -0.1) is 0 Å². The van der Waals surface area contributed by atoms with Crippen molar-refractivity contribution in [2.75, 3.05) is 6.26 Å². The molecule has 0 bridgehead atoms. The summed E-state index contributed by atoms with van der Waals surface area (Å²) in [6.45, 7) is 1.37. The van der Waals surface area contributed by atoms with Gasteiger partial charge in [-0.1, -0.05) is 0 Å². The van der Waals surface area contributed by atoms with Crippen LogP contribution in [0.25, 0.3) is 0 Å². The number of carbonyl (C=O) groups excluding carboxylic acids is 1. The number of nitrogens with zero attached hydrogens (tertiary/aromatic N) is 1. The Morgan fingerprint density at radius 1 is 1.60 bits per heavy atom. The zero-order valence-electron chi connectivity index (χ0n) is 5.86. The summed E-state index contributed by atoms with van der Waals surface area (Å²) >= 11 is 0. The van der Waals surface area contributed by atoms with Gasteiger partial charge in [-0.3, -0.25) is 4.79 Å². The maximum atomic E-state index is 10.3. The fourth-order valence-corrected chi connectivity index (χ4v) is 0.647. The van der Waals surface area contributed by atoms with Crippen molar-refractivity contribution in [2.45, 2.75) is 13.3 Å². The van der Waals surface area contributed by atoms with Crippen molar-refractivity contribution in [3.05, 3.63) is 0 Å². The highest BCUT2D eigenvalue weighted by Gasteiger charge is 1.93. The summed E-state index contributed by atoms with van der Waals surface area (Å²) in [6, 6.07) is 0. The Bertz CT molecular complexity index is 240. The molecule has 0 aliphatic carbocycles. The molecule has 4 nitrogen and oxygen atoms in total. The van der Waals surface area contributed by atoms with Gasteiger partial charge in [-0.2, -0.15) is 4.40 Å². The van der Waals surface area contributed by atoms with E-state index >= 15 is 0 Å². The normalized spacial score (nSPS) is 12.2. The van der Waals surface area contributed by atoms with Crippen LogP contribution in [0, 0.1) is 0 Å². The quantitative estimate of drug-likeness (QED) is 0.550. The largest absolute Gasteiger partial charge is 0.300 e. The molecule has 0 rings (SSSR count). The number of ketones is 1. The van der Waals surface area contributed by atoms with Gasteiger partial charge < -0.3 is 0 Å². The first-order valence-electron chi connectivity index (χ1n) is 2.65. The minimum atomic E-state index is -3.30. The fourth-order valence-electron chi connectivity index (χ4n) is 0.301. The molecule has 0 fully saturated rings. The second-order valence-corrected chi connectivity index (χ2v) is 3.60. The maximum Gasteiger partial charge on any atom is 0.249 e. The predicted octanol–water partition coefficient (Wildman–Crippen LogP) is -0.00410. The lowest BCUT2D eigenvalue weighted by Crippen LogP contribution is -1.94. The van der Waals surface area contributed by atoms with Crippen molar-refractivity contribution in [1.82, 2.24) is 0 Å². The zero-order chi connectivity index (χ0) is 8.20. The van der Waals surface area contributed by atoms with Gasteiger partial charge in [0.15, 0.2) is 0 Å². The number of rotatable bonds is 3. The number of hydrogen-bond donors (Lipinski definition) is 0. The molecular formula is C5H9NO3S. The Labute approximate surface area is 60.0 Å². The highest BCUT2D eigenvalue weighted by molar-refractivity contribution is 7.89. The molecule has 58 valence electrons. The van der Waals surface area contributed by atoms with Crippen molar-refractivity contribution in [3.63, 3.8) is 0 Å². The summed E-state index contributed by atoms with van der Waals surface area (Å²) in [5.74, 6) is -0.104. The van der Waals surface area contributed by atoms with Gasteiger partial charge in [-0.25, -0.2) is 8.42 Å². The third-order valence-electron chi connectivity index (χ3n) is 0.645. The molecule has 0 unspecified atom stereocenters. The first kappa shape index (κ1) is 9.29. The molecular weight excluding hydrogens is 154 g/mol. The average Bonchev–Trinajstić information content (AvgIpc) is 1.59. The molecule has 0 spiro atoms. The van der Waals surface area contributed by atoms with Crippen LogP contribution in [0.1, 0.15) is 13.3 Å². The maximum absolute atomic E-state index is 10.3. The Hall–Kier alpha value is -0.710. The highest BCUT2D eigenvalue weighted by Crippen LogP contribution is 1.83. The van der Waals surface area contributed by atoms with Crippen LogP contribution >= 0.6 is 0 Å². The summed E-state index contributed by atoms with van der Waals surface area (Å²) < 4.78 is 23.7. The third-order valence-corrected chi connectivity index (χ3v) is 1.18. The summed E-state index contributed by atoms with van der Waals surface area (Å²) in [6.07, 6.45) is 2.15. The van der Waals surface area contributed by atoms with Crippen molar-refractivity contribution in [2.24, 2.45) is 4.40 Å². The van der Waals surface area contributed by atoms with E-state index in [0.717, 1.165) is 12.5 Å². The van der Waals surface area contributed by atoms with Crippen LogP contribution in [0.3, 0.4) is 0 Å². The van der Waals surface area contributed by atoms with Crippen LogP contribution in [-0.2, 0) is 14.8 Å². The zero-order valence-corrected chi connectivity index (χ0v) is 6.68. The van der Waals surface area contributed by atoms with Crippen LogP contribution in [0.5, 0.6) is 0 Å². The van der Waals surface area contributed by atoms with Gasteiger partial charge in [0.2, 0.25) is 10.0 Å². The van der Waals surface area contributed by atoms with E-state index in [0.29, 0.717) is 0 Å². The Kier molecular flexibility index (Phi) is 3.21. The van der Waals surface area contributed by atoms with Crippen LogP contribution < -0.4 is 0 Å². The second kappa shape index (κ2) is 3.46. The molecule has 0 atom stereocenters. The van der Waals surface area contributed by atoms with Gasteiger partial charge in [-0.05, 0) is 6.92 Å². The van der Waals surface area contributed by atoms with Crippen LogP contribution in [0.4, 0.5) is 0 Å². The van der Waals surface area contributed by atoms with Gasteiger partial charge in [0.25, 0.3) is 0 Å². The Balaban J connectivity index is 3.92. The SMILES string of the molecule is CC(=O)C/C=N\S(C)(=O)=O. The first-order valence-corrected chi connectivity index (χ1v) is 4.50. The summed E-state index contributed by atoms with van der Waals surface area (Å²) in [5, 5.41) is 0. The van der Waals surface area contributed by atoms with E-state index in [1.807, 2.05) is 0 Å². The fraction of sp³-hybridized carbons (Fsp3) is 0.600. The van der Waals surface area contributed by atoms with Crippen LogP contribution in [-0.4, -0.2) is 26.7 Å². The molecule has 10 heavy (non-hydrogen) atoms. The summed E-state index contributed by atoms with van der Waals surface area (Å²) in [4.78, 5) is 10.2. The van der Waals surface area contributed by atoms with Crippen molar-refractivity contribution in [1.29, 1.82) is 0 Å². The molecule has 0 aromatic carbocycles. The highest BCUT2D eigenvalue weighted by atomic mass is 32.2. The van der Waals surface area contributed by atoms with E-state index in [9.17, 15) is 13.2 Å². The van der Waals surface area contributed by atoms with E-state index in [-0.39, 0.29) is 12.2 Å². The lowest BCUT2D eigenvalue weighted by molar-refractivity contribution is -0.115. The van der Waals surface area contributed by atoms with E-state index in [4.69, 9.17) is 0 Å². The van der Waals surface area contributed by atoms with Gasteiger partial charge in [0.1, 0.15) is 5.78 Å². The minimum absolute atomic E-state index is 0.0765.